The number of anilines is 1. The van der Waals surface area contributed by atoms with Crippen LogP contribution in [0.4, 0.5) is 5.69 Å². The molecule has 1 heterocycles. The minimum atomic E-state index is 0.345. The molecule has 2 N–H and O–H groups in total. The smallest absolute Gasteiger partial charge is 0.221 e. The number of benzene rings is 1. The van der Waals surface area contributed by atoms with E-state index in [1.165, 1.54) is 0 Å². The fraction of sp³-hybridized carbons (Fsp3) is 0.364. The highest BCUT2D eigenvalue weighted by Gasteiger charge is 2.05. The average Bonchev–Trinajstić information content (AvgIpc) is 2.66. The molecule has 1 aromatic heterocycles. The van der Waals surface area contributed by atoms with Crippen molar-refractivity contribution in [1.82, 2.24) is 4.98 Å². The predicted octanol–water partition coefficient (Wildman–Crippen LogP) is 1.57. The Balaban J connectivity index is 2.02. The van der Waals surface area contributed by atoms with Crippen molar-refractivity contribution in [2.45, 2.75) is 6.61 Å². The Morgan fingerprint density at radius 3 is 3.06 bits per heavy atom. The lowest BCUT2D eigenvalue weighted by Gasteiger charge is -1.98. The van der Waals surface area contributed by atoms with Gasteiger partial charge in [0.15, 0.2) is 5.58 Å². The first kappa shape index (κ1) is 10.9. The molecule has 0 radical (unpaired) electrons. The summed E-state index contributed by atoms with van der Waals surface area (Å²) in [6.07, 6.45) is 0. The molecule has 2 aromatic rings. The van der Waals surface area contributed by atoms with Crippen LogP contribution in [0.15, 0.2) is 22.6 Å². The average molecular weight is 222 g/mol. The van der Waals surface area contributed by atoms with Gasteiger partial charge in [0.1, 0.15) is 12.1 Å². The molecule has 86 valence electrons. The summed E-state index contributed by atoms with van der Waals surface area (Å²) in [4.78, 5) is 4.26. The van der Waals surface area contributed by atoms with E-state index in [9.17, 15) is 0 Å². The van der Waals surface area contributed by atoms with Crippen LogP contribution in [-0.2, 0) is 16.1 Å². The molecule has 0 atom stereocenters. The number of fused-ring (bicyclic) bond motifs is 1. The van der Waals surface area contributed by atoms with Crippen LogP contribution in [0.1, 0.15) is 5.89 Å². The van der Waals surface area contributed by atoms with E-state index in [0.717, 1.165) is 11.1 Å². The fourth-order valence-electron chi connectivity index (χ4n) is 1.36. The molecule has 0 unspecified atom stereocenters. The van der Waals surface area contributed by atoms with Gasteiger partial charge in [-0.1, -0.05) is 0 Å². The van der Waals surface area contributed by atoms with Crippen molar-refractivity contribution < 1.29 is 13.9 Å². The summed E-state index contributed by atoms with van der Waals surface area (Å²) in [5.41, 5.74) is 7.79. The topological polar surface area (TPSA) is 70.5 Å². The molecule has 1 aromatic carbocycles. The van der Waals surface area contributed by atoms with Gasteiger partial charge in [-0.2, -0.15) is 0 Å². The summed E-state index contributed by atoms with van der Waals surface area (Å²) in [6, 6.07) is 5.36. The first-order chi connectivity index (χ1) is 7.79. The van der Waals surface area contributed by atoms with E-state index in [0.29, 0.717) is 31.4 Å². The first-order valence-corrected chi connectivity index (χ1v) is 5.01. The van der Waals surface area contributed by atoms with Gasteiger partial charge in [-0.3, -0.25) is 0 Å². The van der Waals surface area contributed by atoms with Gasteiger partial charge in [0.25, 0.3) is 0 Å². The van der Waals surface area contributed by atoms with Crippen molar-refractivity contribution >= 4 is 16.8 Å². The number of ether oxygens (including phenoxy) is 2. The quantitative estimate of drug-likeness (QED) is 0.614. The zero-order valence-corrected chi connectivity index (χ0v) is 9.10. The normalized spacial score (nSPS) is 11.1. The molecule has 5 heteroatoms. The molecule has 0 aliphatic rings. The molecule has 0 amide bonds. The maximum absolute atomic E-state index is 5.64. The number of aromatic nitrogens is 1. The van der Waals surface area contributed by atoms with E-state index >= 15 is 0 Å². The largest absolute Gasteiger partial charge is 0.438 e. The summed E-state index contributed by atoms with van der Waals surface area (Å²) in [5, 5.41) is 0. The summed E-state index contributed by atoms with van der Waals surface area (Å²) in [6.45, 7) is 1.43. The first-order valence-electron chi connectivity index (χ1n) is 5.01. The number of methoxy groups -OCH3 is 1. The van der Waals surface area contributed by atoms with Crippen LogP contribution >= 0.6 is 0 Å². The van der Waals surface area contributed by atoms with Crippen molar-refractivity contribution in [3.05, 3.63) is 24.1 Å². The third kappa shape index (κ3) is 2.50. The van der Waals surface area contributed by atoms with Crippen LogP contribution in [0.2, 0.25) is 0 Å². The van der Waals surface area contributed by atoms with Crippen LogP contribution in [-0.4, -0.2) is 25.3 Å². The SMILES string of the molecule is COCCOCc1nc2cc(N)ccc2o1. The third-order valence-corrected chi connectivity index (χ3v) is 2.11. The Labute approximate surface area is 93.2 Å². The molecule has 0 aliphatic carbocycles. The second kappa shape index (κ2) is 4.96. The van der Waals surface area contributed by atoms with Crippen molar-refractivity contribution in [2.24, 2.45) is 0 Å². The molecule has 0 fully saturated rings. The molecule has 5 nitrogen and oxygen atoms in total. The van der Waals surface area contributed by atoms with Crippen LogP contribution in [0.5, 0.6) is 0 Å². The number of hydrogen-bond acceptors (Lipinski definition) is 5. The highest BCUT2D eigenvalue weighted by molar-refractivity contribution is 5.76. The molecule has 0 saturated heterocycles. The number of nitrogen functional groups attached to an aromatic ring is 1. The number of nitrogens with two attached hydrogens (primary N) is 1. The standard InChI is InChI=1S/C11H14N2O3/c1-14-4-5-15-7-11-13-9-6-8(12)2-3-10(9)16-11/h2-3,6H,4-5,7,12H2,1H3. The molecular formula is C11H14N2O3. The van der Waals surface area contributed by atoms with Gasteiger partial charge in [-0.15, -0.1) is 0 Å². The second-order valence-corrected chi connectivity index (χ2v) is 3.38. The van der Waals surface area contributed by atoms with Gasteiger partial charge >= 0.3 is 0 Å². The maximum Gasteiger partial charge on any atom is 0.221 e. The zero-order chi connectivity index (χ0) is 11.4. The number of hydrogen-bond donors (Lipinski definition) is 1. The molecule has 0 spiro atoms. The fourth-order valence-corrected chi connectivity index (χ4v) is 1.36. The lowest BCUT2D eigenvalue weighted by atomic mass is 10.3. The molecule has 0 aliphatic heterocycles. The van der Waals surface area contributed by atoms with E-state index in [1.807, 2.05) is 0 Å². The Hall–Kier alpha value is -1.59. The highest BCUT2D eigenvalue weighted by Crippen LogP contribution is 2.18. The van der Waals surface area contributed by atoms with Gasteiger partial charge in [0, 0.05) is 12.8 Å². The van der Waals surface area contributed by atoms with Crippen molar-refractivity contribution in [3.63, 3.8) is 0 Å². The summed E-state index contributed by atoms with van der Waals surface area (Å²) in [5.74, 6) is 0.553. The maximum atomic E-state index is 5.64. The highest BCUT2D eigenvalue weighted by atomic mass is 16.5. The third-order valence-electron chi connectivity index (χ3n) is 2.11. The van der Waals surface area contributed by atoms with E-state index in [2.05, 4.69) is 4.98 Å². The van der Waals surface area contributed by atoms with Crippen LogP contribution in [0.25, 0.3) is 11.1 Å². The lowest BCUT2D eigenvalue weighted by Crippen LogP contribution is -2.01. The predicted molar refractivity (Wildman–Crippen MR) is 60.0 cm³/mol. The van der Waals surface area contributed by atoms with E-state index in [-0.39, 0.29) is 0 Å². The Kier molecular flexibility index (Phi) is 3.38. The number of nitrogens with zero attached hydrogens (tertiary/aromatic N) is 1. The van der Waals surface area contributed by atoms with Crippen molar-refractivity contribution in [1.29, 1.82) is 0 Å². The van der Waals surface area contributed by atoms with Crippen molar-refractivity contribution in [3.8, 4) is 0 Å². The number of rotatable bonds is 5. The van der Waals surface area contributed by atoms with Crippen LogP contribution in [0.3, 0.4) is 0 Å². The van der Waals surface area contributed by atoms with Crippen molar-refractivity contribution in [2.75, 3.05) is 26.1 Å². The summed E-state index contributed by atoms with van der Waals surface area (Å²) >= 11 is 0. The Morgan fingerprint density at radius 2 is 2.25 bits per heavy atom. The minimum Gasteiger partial charge on any atom is -0.438 e. The van der Waals surface area contributed by atoms with E-state index in [1.54, 1.807) is 25.3 Å². The van der Waals surface area contributed by atoms with Gasteiger partial charge in [0.05, 0.1) is 13.2 Å². The van der Waals surface area contributed by atoms with E-state index < -0.39 is 0 Å². The van der Waals surface area contributed by atoms with Gasteiger partial charge < -0.3 is 19.6 Å². The zero-order valence-electron chi connectivity index (χ0n) is 9.10. The molecule has 0 bridgehead atoms. The minimum absolute atomic E-state index is 0.345. The molecule has 16 heavy (non-hydrogen) atoms. The van der Waals surface area contributed by atoms with Gasteiger partial charge in [-0.25, -0.2) is 4.98 Å². The van der Waals surface area contributed by atoms with Crippen LogP contribution in [0, 0.1) is 0 Å². The monoisotopic (exact) mass is 222 g/mol. The molecular weight excluding hydrogens is 208 g/mol. The van der Waals surface area contributed by atoms with Crippen LogP contribution < -0.4 is 5.73 Å². The van der Waals surface area contributed by atoms with Gasteiger partial charge in [0.2, 0.25) is 5.89 Å². The van der Waals surface area contributed by atoms with E-state index in [4.69, 9.17) is 19.6 Å². The molecule has 2 rings (SSSR count). The number of oxazole rings is 1. The second-order valence-electron chi connectivity index (χ2n) is 3.38. The summed E-state index contributed by atoms with van der Waals surface area (Å²) in [7, 11) is 1.63. The Bertz CT molecular complexity index is 467. The summed E-state index contributed by atoms with van der Waals surface area (Å²) < 4.78 is 15.6. The molecule has 0 saturated carbocycles. The lowest BCUT2D eigenvalue weighted by molar-refractivity contribution is 0.0524. The van der Waals surface area contributed by atoms with Gasteiger partial charge in [-0.05, 0) is 18.2 Å². The Morgan fingerprint density at radius 1 is 1.38 bits per heavy atom.